The minimum absolute atomic E-state index is 0.111. The number of sulfonamides is 1. The van der Waals surface area contributed by atoms with E-state index in [0.717, 1.165) is 31.0 Å². The maximum absolute atomic E-state index is 11.4. The lowest BCUT2D eigenvalue weighted by atomic mass is 10.1. The number of guanidine groups is 1. The molecule has 0 aromatic heterocycles. The Bertz CT molecular complexity index is 612. The molecule has 0 radical (unpaired) electrons. The van der Waals surface area contributed by atoms with Crippen LogP contribution >= 0.6 is 0 Å². The molecule has 0 saturated heterocycles. The molecule has 0 saturated carbocycles. The standard InChI is InChI=1S/C16H28N4O2S/c1-4-18-16(19-10-6-7-13(2)3)20-12-14-8-5-9-15(11-14)23(17,21)22/h5,8-9,11,13H,4,6-7,10,12H2,1-3H3,(H2,17,21,22)(H2,18,19,20). The van der Waals surface area contributed by atoms with E-state index in [4.69, 9.17) is 5.14 Å². The summed E-state index contributed by atoms with van der Waals surface area (Å²) in [5.74, 6) is 1.43. The van der Waals surface area contributed by atoms with E-state index < -0.39 is 10.0 Å². The van der Waals surface area contributed by atoms with Crippen molar-refractivity contribution in [2.45, 2.75) is 45.1 Å². The summed E-state index contributed by atoms with van der Waals surface area (Å²) in [6, 6.07) is 6.55. The highest BCUT2D eigenvalue weighted by molar-refractivity contribution is 7.89. The fourth-order valence-corrected chi connectivity index (χ4v) is 2.63. The Balaban J connectivity index is 2.66. The van der Waals surface area contributed by atoms with Crippen LogP contribution < -0.4 is 15.8 Å². The fourth-order valence-electron chi connectivity index (χ4n) is 2.05. The first-order chi connectivity index (χ1) is 10.8. The molecular formula is C16H28N4O2S. The van der Waals surface area contributed by atoms with Gasteiger partial charge in [-0.3, -0.25) is 0 Å². The first-order valence-corrected chi connectivity index (χ1v) is 9.51. The van der Waals surface area contributed by atoms with Crippen LogP contribution in [-0.2, 0) is 16.6 Å². The second-order valence-electron chi connectivity index (χ2n) is 5.85. The summed E-state index contributed by atoms with van der Waals surface area (Å²) < 4.78 is 22.7. The van der Waals surface area contributed by atoms with E-state index in [1.807, 2.05) is 13.0 Å². The predicted molar refractivity (Wildman–Crippen MR) is 94.7 cm³/mol. The molecule has 0 unspecified atom stereocenters. The number of nitrogens with one attached hydrogen (secondary N) is 2. The minimum Gasteiger partial charge on any atom is -0.357 e. The van der Waals surface area contributed by atoms with E-state index in [1.54, 1.807) is 12.1 Å². The summed E-state index contributed by atoms with van der Waals surface area (Å²) >= 11 is 0. The molecule has 130 valence electrons. The number of nitrogens with two attached hydrogens (primary N) is 1. The SMILES string of the molecule is CCNC(=NCc1cccc(S(N)(=O)=O)c1)NCCCC(C)C. The van der Waals surface area contributed by atoms with Gasteiger partial charge in [-0.15, -0.1) is 0 Å². The summed E-state index contributed by atoms with van der Waals surface area (Å²) in [7, 11) is -3.68. The molecule has 0 amide bonds. The van der Waals surface area contributed by atoms with Crippen molar-refractivity contribution < 1.29 is 8.42 Å². The molecule has 4 N–H and O–H groups in total. The van der Waals surface area contributed by atoms with Gasteiger partial charge in [-0.05, 0) is 43.4 Å². The van der Waals surface area contributed by atoms with Gasteiger partial charge >= 0.3 is 0 Å². The van der Waals surface area contributed by atoms with E-state index in [2.05, 4.69) is 29.5 Å². The smallest absolute Gasteiger partial charge is 0.238 e. The normalized spacial score (nSPS) is 12.5. The van der Waals surface area contributed by atoms with Crippen molar-refractivity contribution >= 4 is 16.0 Å². The van der Waals surface area contributed by atoms with Gasteiger partial charge in [0.05, 0.1) is 11.4 Å². The van der Waals surface area contributed by atoms with E-state index >= 15 is 0 Å². The van der Waals surface area contributed by atoms with Crippen LogP contribution in [0.1, 0.15) is 39.2 Å². The fraction of sp³-hybridized carbons (Fsp3) is 0.562. The largest absolute Gasteiger partial charge is 0.357 e. The van der Waals surface area contributed by atoms with Crippen LogP contribution in [0.15, 0.2) is 34.2 Å². The quantitative estimate of drug-likeness (QED) is 0.382. The van der Waals surface area contributed by atoms with Gasteiger partial charge in [-0.25, -0.2) is 18.5 Å². The Kier molecular flexibility index (Phi) is 8.05. The molecule has 0 aliphatic carbocycles. The zero-order chi connectivity index (χ0) is 17.3. The number of nitrogens with zero attached hydrogens (tertiary/aromatic N) is 1. The molecular weight excluding hydrogens is 312 g/mol. The second kappa shape index (κ2) is 9.52. The van der Waals surface area contributed by atoms with Gasteiger partial charge in [0, 0.05) is 13.1 Å². The summed E-state index contributed by atoms with van der Waals surface area (Å²) in [5.41, 5.74) is 0.802. The van der Waals surface area contributed by atoms with Crippen LogP contribution in [0.5, 0.6) is 0 Å². The molecule has 1 aromatic carbocycles. The Morgan fingerprint density at radius 3 is 2.65 bits per heavy atom. The maximum atomic E-state index is 11.4. The third-order valence-electron chi connectivity index (χ3n) is 3.24. The Morgan fingerprint density at radius 2 is 2.04 bits per heavy atom. The third kappa shape index (κ3) is 7.99. The molecule has 0 bridgehead atoms. The van der Waals surface area contributed by atoms with Gasteiger partial charge in [0.15, 0.2) is 5.96 Å². The van der Waals surface area contributed by atoms with Gasteiger partial charge < -0.3 is 10.6 Å². The molecule has 1 aromatic rings. The summed E-state index contributed by atoms with van der Waals surface area (Å²) in [6.07, 6.45) is 2.26. The number of hydrogen-bond donors (Lipinski definition) is 3. The molecule has 6 nitrogen and oxygen atoms in total. The minimum atomic E-state index is -3.68. The molecule has 0 spiro atoms. The average molecular weight is 340 g/mol. The first-order valence-electron chi connectivity index (χ1n) is 7.97. The monoisotopic (exact) mass is 340 g/mol. The number of benzene rings is 1. The van der Waals surface area contributed by atoms with Gasteiger partial charge in [-0.2, -0.15) is 0 Å². The van der Waals surface area contributed by atoms with Crippen LogP contribution in [0.25, 0.3) is 0 Å². The molecule has 1 rings (SSSR count). The van der Waals surface area contributed by atoms with Gasteiger partial charge in [0.2, 0.25) is 10.0 Å². The molecule has 0 aliphatic rings. The topological polar surface area (TPSA) is 96.6 Å². The highest BCUT2D eigenvalue weighted by Gasteiger charge is 2.07. The van der Waals surface area contributed by atoms with Crippen LogP contribution in [0.4, 0.5) is 0 Å². The molecule has 0 atom stereocenters. The molecule has 0 heterocycles. The van der Waals surface area contributed by atoms with E-state index in [9.17, 15) is 8.42 Å². The molecule has 23 heavy (non-hydrogen) atoms. The van der Waals surface area contributed by atoms with Crippen LogP contribution in [0, 0.1) is 5.92 Å². The lowest BCUT2D eigenvalue weighted by Gasteiger charge is -2.12. The van der Waals surface area contributed by atoms with Crippen LogP contribution in [0.2, 0.25) is 0 Å². The second-order valence-corrected chi connectivity index (χ2v) is 7.41. The lowest BCUT2D eigenvalue weighted by molar-refractivity contribution is 0.549. The summed E-state index contributed by atoms with van der Waals surface area (Å²) in [6.45, 7) is 8.44. The van der Waals surface area contributed by atoms with Crippen LogP contribution in [-0.4, -0.2) is 27.5 Å². The molecule has 0 aliphatic heterocycles. The summed E-state index contributed by atoms with van der Waals surface area (Å²) in [5, 5.41) is 11.6. The van der Waals surface area contributed by atoms with Crippen molar-refractivity contribution in [3.8, 4) is 0 Å². The summed E-state index contributed by atoms with van der Waals surface area (Å²) in [4.78, 5) is 4.59. The third-order valence-corrected chi connectivity index (χ3v) is 4.15. The van der Waals surface area contributed by atoms with Gasteiger partial charge in [0.25, 0.3) is 0 Å². The number of aliphatic imine (C=N–C) groups is 1. The van der Waals surface area contributed by atoms with Gasteiger partial charge in [0.1, 0.15) is 0 Å². The number of primary sulfonamides is 1. The van der Waals surface area contributed by atoms with Crippen LogP contribution in [0.3, 0.4) is 0 Å². The predicted octanol–water partition coefficient (Wildman–Crippen LogP) is 1.83. The van der Waals surface area contributed by atoms with Crippen molar-refractivity contribution in [2.24, 2.45) is 16.0 Å². The van der Waals surface area contributed by atoms with Crippen molar-refractivity contribution in [2.75, 3.05) is 13.1 Å². The Morgan fingerprint density at radius 1 is 1.30 bits per heavy atom. The molecule has 0 fully saturated rings. The van der Waals surface area contributed by atoms with Crippen molar-refractivity contribution in [3.63, 3.8) is 0 Å². The van der Waals surface area contributed by atoms with Crippen molar-refractivity contribution in [1.29, 1.82) is 0 Å². The van der Waals surface area contributed by atoms with E-state index in [1.165, 1.54) is 12.5 Å². The number of rotatable bonds is 8. The molecule has 7 heteroatoms. The highest BCUT2D eigenvalue weighted by atomic mass is 32.2. The zero-order valence-electron chi connectivity index (χ0n) is 14.2. The Labute approximate surface area is 139 Å². The lowest BCUT2D eigenvalue weighted by Crippen LogP contribution is -2.37. The van der Waals surface area contributed by atoms with Crippen molar-refractivity contribution in [3.05, 3.63) is 29.8 Å². The zero-order valence-corrected chi connectivity index (χ0v) is 15.0. The first kappa shape index (κ1) is 19.4. The van der Waals surface area contributed by atoms with E-state index in [0.29, 0.717) is 12.5 Å². The maximum Gasteiger partial charge on any atom is 0.238 e. The van der Waals surface area contributed by atoms with E-state index in [-0.39, 0.29) is 4.90 Å². The van der Waals surface area contributed by atoms with Crippen molar-refractivity contribution in [1.82, 2.24) is 10.6 Å². The highest BCUT2D eigenvalue weighted by Crippen LogP contribution is 2.10. The Hall–Kier alpha value is -1.60. The van der Waals surface area contributed by atoms with Gasteiger partial charge in [-0.1, -0.05) is 26.0 Å². The number of hydrogen-bond acceptors (Lipinski definition) is 3. The average Bonchev–Trinajstić information content (AvgIpc) is 2.48.